The van der Waals surface area contributed by atoms with E-state index in [1.807, 2.05) is 0 Å². The Hall–Kier alpha value is -0.340. The molecule has 2 rings (SSSR count). The van der Waals surface area contributed by atoms with E-state index in [0.717, 1.165) is 18.4 Å². The molecule has 1 aromatic rings. The first-order valence-electron chi connectivity index (χ1n) is 6.24. The highest BCUT2D eigenvalue weighted by Crippen LogP contribution is 2.36. The van der Waals surface area contributed by atoms with Crippen molar-refractivity contribution in [3.05, 3.63) is 34.3 Å². The van der Waals surface area contributed by atoms with Gasteiger partial charge in [0.1, 0.15) is 0 Å². The van der Waals surface area contributed by atoms with Crippen molar-refractivity contribution >= 4 is 15.9 Å². The summed E-state index contributed by atoms with van der Waals surface area (Å²) in [5.74, 6) is 1.81. The van der Waals surface area contributed by atoms with Crippen LogP contribution in [0.1, 0.15) is 25.3 Å². The average molecular weight is 282 g/mol. The maximum Gasteiger partial charge on any atom is 0.0175 e. The highest BCUT2D eigenvalue weighted by Gasteiger charge is 2.29. The van der Waals surface area contributed by atoms with E-state index in [4.69, 9.17) is 0 Å². The second kappa shape index (κ2) is 5.83. The Morgan fingerprint density at radius 2 is 1.88 bits per heavy atom. The van der Waals surface area contributed by atoms with Gasteiger partial charge in [-0.25, -0.2) is 0 Å². The van der Waals surface area contributed by atoms with Crippen molar-refractivity contribution in [2.45, 2.75) is 26.2 Å². The maximum atomic E-state index is 3.48. The quantitative estimate of drug-likeness (QED) is 0.869. The van der Waals surface area contributed by atoms with Crippen molar-refractivity contribution in [2.75, 3.05) is 13.1 Å². The molecule has 1 aliphatic carbocycles. The van der Waals surface area contributed by atoms with E-state index in [9.17, 15) is 0 Å². The van der Waals surface area contributed by atoms with Gasteiger partial charge in [0.05, 0.1) is 0 Å². The van der Waals surface area contributed by atoms with Crippen molar-refractivity contribution in [3.8, 4) is 0 Å². The second-order valence-electron chi connectivity index (χ2n) is 4.74. The minimum Gasteiger partial charge on any atom is -0.317 e. The molecular weight excluding hydrogens is 262 g/mol. The lowest BCUT2D eigenvalue weighted by Gasteiger charge is -2.37. The Morgan fingerprint density at radius 3 is 2.44 bits per heavy atom. The van der Waals surface area contributed by atoms with Crippen LogP contribution in [-0.2, 0) is 6.42 Å². The first-order valence-corrected chi connectivity index (χ1v) is 7.04. The van der Waals surface area contributed by atoms with Gasteiger partial charge in [0.15, 0.2) is 0 Å². The highest BCUT2D eigenvalue weighted by atomic mass is 79.9. The second-order valence-corrected chi connectivity index (χ2v) is 5.65. The van der Waals surface area contributed by atoms with E-state index in [-0.39, 0.29) is 0 Å². The predicted molar refractivity (Wildman–Crippen MR) is 72.6 cm³/mol. The van der Waals surface area contributed by atoms with Crippen LogP contribution in [0.2, 0.25) is 0 Å². The minimum atomic E-state index is 0.903. The molecule has 0 aliphatic heterocycles. The molecule has 1 saturated carbocycles. The zero-order valence-electron chi connectivity index (χ0n) is 9.88. The standard InChI is InChI=1S/C14H20BrN/c1-2-16-10-13-6-5-12(13)9-11-3-7-14(15)8-4-11/h3-4,7-8,12-13,16H,2,5-6,9-10H2,1H3. The van der Waals surface area contributed by atoms with Crippen LogP contribution >= 0.6 is 15.9 Å². The van der Waals surface area contributed by atoms with E-state index in [1.54, 1.807) is 0 Å². The Kier molecular flexibility index (Phi) is 4.42. The summed E-state index contributed by atoms with van der Waals surface area (Å²) in [4.78, 5) is 0. The van der Waals surface area contributed by atoms with Crippen LogP contribution in [0.4, 0.5) is 0 Å². The summed E-state index contributed by atoms with van der Waals surface area (Å²) in [5.41, 5.74) is 1.48. The third-order valence-electron chi connectivity index (χ3n) is 3.64. The van der Waals surface area contributed by atoms with Crippen LogP contribution < -0.4 is 5.32 Å². The molecule has 2 heteroatoms. The molecule has 0 saturated heterocycles. The van der Waals surface area contributed by atoms with Crippen LogP contribution in [0.5, 0.6) is 0 Å². The summed E-state index contributed by atoms with van der Waals surface area (Å²) in [6, 6.07) is 8.78. The van der Waals surface area contributed by atoms with Crippen LogP contribution in [0.3, 0.4) is 0 Å². The van der Waals surface area contributed by atoms with E-state index < -0.39 is 0 Å². The molecule has 2 atom stereocenters. The summed E-state index contributed by atoms with van der Waals surface area (Å²) in [7, 11) is 0. The molecule has 0 heterocycles. The Morgan fingerprint density at radius 1 is 1.19 bits per heavy atom. The molecular formula is C14H20BrN. The topological polar surface area (TPSA) is 12.0 Å². The van der Waals surface area contributed by atoms with Crippen molar-refractivity contribution < 1.29 is 0 Å². The van der Waals surface area contributed by atoms with Gasteiger partial charge in [-0.2, -0.15) is 0 Å². The fraction of sp³-hybridized carbons (Fsp3) is 0.571. The summed E-state index contributed by atoms with van der Waals surface area (Å²) in [6.07, 6.45) is 4.07. The van der Waals surface area contributed by atoms with Crippen molar-refractivity contribution in [3.63, 3.8) is 0 Å². The molecule has 0 radical (unpaired) electrons. The van der Waals surface area contributed by atoms with Gasteiger partial charge < -0.3 is 5.32 Å². The van der Waals surface area contributed by atoms with E-state index >= 15 is 0 Å². The highest BCUT2D eigenvalue weighted by molar-refractivity contribution is 9.10. The molecule has 0 aromatic heterocycles. The van der Waals surface area contributed by atoms with Gasteiger partial charge in [0.25, 0.3) is 0 Å². The predicted octanol–water partition coefficient (Wildman–Crippen LogP) is 3.63. The monoisotopic (exact) mass is 281 g/mol. The smallest absolute Gasteiger partial charge is 0.0175 e. The molecule has 1 nitrogen and oxygen atoms in total. The summed E-state index contributed by atoms with van der Waals surface area (Å²) >= 11 is 3.48. The maximum absolute atomic E-state index is 3.48. The van der Waals surface area contributed by atoms with Gasteiger partial charge in [-0.15, -0.1) is 0 Å². The third-order valence-corrected chi connectivity index (χ3v) is 4.17. The summed E-state index contributed by atoms with van der Waals surface area (Å²) in [5, 5.41) is 3.47. The zero-order chi connectivity index (χ0) is 11.4. The number of rotatable bonds is 5. The summed E-state index contributed by atoms with van der Waals surface area (Å²) < 4.78 is 1.18. The van der Waals surface area contributed by atoms with Crippen molar-refractivity contribution in [2.24, 2.45) is 11.8 Å². The fourth-order valence-electron chi connectivity index (χ4n) is 2.43. The van der Waals surface area contributed by atoms with Crippen LogP contribution in [0.15, 0.2) is 28.7 Å². The lowest BCUT2D eigenvalue weighted by Crippen LogP contribution is -2.36. The Balaban J connectivity index is 1.83. The van der Waals surface area contributed by atoms with Gasteiger partial charge in [-0.1, -0.05) is 35.0 Å². The number of hydrogen-bond donors (Lipinski definition) is 1. The van der Waals surface area contributed by atoms with Gasteiger partial charge >= 0.3 is 0 Å². The Labute approximate surface area is 107 Å². The van der Waals surface area contributed by atoms with Gasteiger partial charge in [-0.3, -0.25) is 0 Å². The minimum absolute atomic E-state index is 0.903. The van der Waals surface area contributed by atoms with Gasteiger partial charge in [0, 0.05) is 4.47 Å². The zero-order valence-corrected chi connectivity index (χ0v) is 11.5. The largest absolute Gasteiger partial charge is 0.317 e. The van der Waals surface area contributed by atoms with Crippen LogP contribution in [-0.4, -0.2) is 13.1 Å². The molecule has 0 bridgehead atoms. The van der Waals surface area contributed by atoms with Crippen molar-refractivity contribution in [1.29, 1.82) is 0 Å². The average Bonchev–Trinajstić information content (AvgIpc) is 2.27. The molecule has 88 valence electrons. The Bertz CT molecular complexity index is 320. The first-order chi connectivity index (χ1) is 7.79. The molecule has 1 aliphatic rings. The molecule has 16 heavy (non-hydrogen) atoms. The molecule has 1 N–H and O–H groups in total. The fourth-order valence-corrected chi connectivity index (χ4v) is 2.69. The van der Waals surface area contributed by atoms with Crippen molar-refractivity contribution in [1.82, 2.24) is 5.32 Å². The van der Waals surface area contributed by atoms with Crippen LogP contribution in [0.25, 0.3) is 0 Å². The number of nitrogens with one attached hydrogen (secondary N) is 1. The van der Waals surface area contributed by atoms with Crippen LogP contribution in [0, 0.1) is 11.8 Å². The van der Waals surface area contributed by atoms with E-state index in [0.29, 0.717) is 0 Å². The first kappa shape index (κ1) is 12.1. The number of halogens is 1. The van der Waals surface area contributed by atoms with E-state index in [1.165, 1.54) is 35.8 Å². The molecule has 2 unspecified atom stereocenters. The van der Waals surface area contributed by atoms with Gasteiger partial charge in [-0.05, 0) is 61.9 Å². The third kappa shape index (κ3) is 3.08. The lowest BCUT2D eigenvalue weighted by atomic mass is 9.71. The number of benzene rings is 1. The molecule has 1 fully saturated rings. The van der Waals surface area contributed by atoms with E-state index in [2.05, 4.69) is 52.4 Å². The molecule has 0 spiro atoms. The summed E-state index contributed by atoms with van der Waals surface area (Å²) in [6.45, 7) is 4.49. The van der Waals surface area contributed by atoms with Gasteiger partial charge in [0.2, 0.25) is 0 Å². The molecule has 1 aromatic carbocycles. The number of hydrogen-bond acceptors (Lipinski definition) is 1. The SMILES string of the molecule is CCNCC1CCC1Cc1ccc(Br)cc1. The lowest BCUT2D eigenvalue weighted by molar-refractivity contribution is 0.172. The normalized spacial score (nSPS) is 24.1. The molecule has 0 amide bonds.